The number of piperidine rings is 1. The van der Waals surface area contributed by atoms with Crippen molar-refractivity contribution in [3.05, 3.63) is 34.8 Å². The monoisotopic (exact) mass is 287 g/mol. The van der Waals surface area contributed by atoms with Crippen LogP contribution >= 0.6 is 0 Å². The number of nitrogens with one attached hydrogen (secondary N) is 1. The zero-order chi connectivity index (χ0) is 14.2. The van der Waals surface area contributed by atoms with Crippen molar-refractivity contribution in [2.45, 2.75) is 25.4 Å². The molecule has 4 rings (SSSR count). The van der Waals surface area contributed by atoms with Crippen LogP contribution in [0.4, 0.5) is 0 Å². The molecule has 2 fully saturated rings. The number of fused-ring (bicyclic) bond motifs is 2. The minimum absolute atomic E-state index is 0.245. The first-order chi connectivity index (χ1) is 10.3. The van der Waals surface area contributed by atoms with Gasteiger partial charge in [0.15, 0.2) is 5.58 Å². The minimum Gasteiger partial charge on any atom is -0.408 e. The molecule has 0 spiro atoms. The number of nitrogens with zero attached hydrogens (tertiary/aromatic N) is 2. The van der Waals surface area contributed by atoms with Gasteiger partial charge in [0.2, 0.25) is 0 Å². The Labute approximate surface area is 123 Å². The van der Waals surface area contributed by atoms with Crippen LogP contribution in [0.2, 0.25) is 0 Å². The van der Waals surface area contributed by atoms with E-state index in [4.69, 9.17) is 4.42 Å². The van der Waals surface area contributed by atoms with E-state index in [1.54, 1.807) is 4.57 Å². The van der Waals surface area contributed by atoms with E-state index in [0.29, 0.717) is 18.2 Å². The fourth-order valence-electron chi connectivity index (χ4n) is 3.79. The number of benzene rings is 1. The van der Waals surface area contributed by atoms with Gasteiger partial charge in [-0.25, -0.2) is 4.79 Å². The molecule has 0 aliphatic carbocycles. The van der Waals surface area contributed by atoms with Crippen molar-refractivity contribution in [1.29, 1.82) is 0 Å². The fourth-order valence-corrected chi connectivity index (χ4v) is 3.79. The minimum atomic E-state index is -0.245. The number of rotatable bonds is 3. The van der Waals surface area contributed by atoms with E-state index in [1.807, 2.05) is 24.3 Å². The zero-order valence-electron chi connectivity index (χ0n) is 12.1. The second kappa shape index (κ2) is 5.31. The van der Waals surface area contributed by atoms with Crippen LogP contribution < -0.4 is 11.1 Å². The third kappa shape index (κ3) is 2.40. The summed E-state index contributed by atoms with van der Waals surface area (Å²) in [6.07, 6.45) is 2.63. The molecule has 3 heterocycles. The Hall–Kier alpha value is -1.59. The first-order valence-electron chi connectivity index (χ1n) is 7.85. The molecular weight excluding hydrogens is 266 g/mol. The molecular formula is C16H21N3O2. The van der Waals surface area contributed by atoms with Crippen molar-refractivity contribution in [3.63, 3.8) is 0 Å². The molecule has 5 heteroatoms. The first kappa shape index (κ1) is 13.1. The first-order valence-corrected chi connectivity index (χ1v) is 7.85. The van der Waals surface area contributed by atoms with Crippen molar-refractivity contribution >= 4 is 11.1 Å². The summed E-state index contributed by atoms with van der Waals surface area (Å²) in [6, 6.07) is 8.29. The van der Waals surface area contributed by atoms with Crippen LogP contribution in [0.5, 0.6) is 0 Å². The molecule has 2 aromatic rings. The maximum Gasteiger partial charge on any atom is 0.419 e. The summed E-state index contributed by atoms with van der Waals surface area (Å²) in [7, 11) is 0. The standard InChI is InChI=1S/C16H21N3O2/c20-16-19(14-5-1-2-6-15(14)21-16)9-8-18-10-12-4-3-7-17-13(12)11-18/h1-2,5-6,12-13,17H,3-4,7-11H2. The lowest BCUT2D eigenvalue weighted by Crippen LogP contribution is -2.40. The highest BCUT2D eigenvalue weighted by atomic mass is 16.4. The molecule has 1 N–H and O–H groups in total. The Morgan fingerprint density at radius 2 is 2.14 bits per heavy atom. The van der Waals surface area contributed by atoms with Gasteiger partial charge < -0.3 is 9.73 Å². The summed E-state index contributed by atoms with van der Waals surface area (Å²) in [4.78, 5) is 14.4. The van der Waals surface area contributed by atoms with E-state index in [9.17, 15) is 4.79 Å². The lowest BCUT2D eigenvalue weighted by atomic mass is 9.94. The summed E-state index contributed by atoms with van der Waals surface area (Å²) in [5.41, 5.74) is 1.58. The highest BCUT2D eigenvalue weighted by Crippen LogP contribution is 2.24. The third-order valence-corrected chi connectivity index (χ3v) is 4.89. The number of aromatic nitrogens is 1. The normalized spacial score (nSPS) is 26.3. The van der Waals surface area contributed by atoms with Crippen molar-refractivity contribution < 1.29 is 4.42 Å². The van der Waals surface area contributed by atoms with Crippen LogP contribution in [0.3, 0.4) is 0 Å². The maximum absolute atomic E-state index is 12.0. The van der Waals surface area contributed by atoms with Crippen molar-refractivity contribution in [2.75, 3.05) is 26.2 Å². The van der Waals surface area contributed by atoms with Crippen LogP contribution in [0.1, 0.15) is 12.8 Å². The van der Waals surface area contributed by atoms with Crippen LogP contribution in [0, 0.1) is 5.92 Å². The molecule has 2 aliphatic heterocycles. The number of oxazole rings is 1. The Bertz CT molecular complexity index is 676. The predicted octanol–water partition coefficient (Wildman–Crippen LogP) is 1.28. The number of hydrogen-bond acceptors (Lipinski definition) is 4. The van der Waals surface area contributed by atoms with E-state index >= 15 is 0 Å². The lowest BCUT2D eigenvalue weighted by Gasteiger charge is -2.24. The quantitative estimate of drug-likeness (QED) is 0.924. The summed E-state index contributed by atoms with van der Waals surface area (Å²) in [6.45, 7) is 5.03. The molecule has 2 saturated heterocycles. The average Bonchev–Trinajstić information content (AvgIpc) is 3.04. The molecule has 0 radical (unpaired) electrons. The molecule has 2 unspecified atom stereocenters. The van der Waals surface area contributed by atoms with Gasteiger partial charge in [-0.2, -0.15) is 0 Å². The van der Waals surface area contributed by atoms with Crippen LogP contribution in [-0.2, 0) is 6.54 Å². The number of para-hydroxylation sites is 2. The molecule has 5 nitrogen and oxygen atoms in total. The van der Waals surface area contributed by atoms with Crippen LogP contribution in [0.25, 0.3) is 11.1 Å². The van der Waals surface area contributed by atoms with Gasteiger partial charge in [0, 0.05) is 32.2 Å². The van der Waals surface area contributed by atoms with Crippen molar-refractivity contribution in [3.8, 4) is 0 Å². The van der Waals surface area contributed by atoms with E-state index < -0.39 is 0 Å². The number of likely N-dealkylation sites (tertiary alicyclic amines) is 1. The molecule has 112 valence electrons. The van der Waals surface area contributed by atoms with Gasteiger partial charge >= 0.3 is 5.76 Å². The smallest absolute Gasteiger partial charge is 0.408 e. The largest absolute Gasteiger partial charge is 0.419 e. The number of hydrogen-bond donors (Lipinski definition) is 1. The third-order valence-electron chi connectivity index (χ3n) is 4.89. The van der Waals surface area contributed by atoms with Gasteiger partial charge in [-0.3, -0.25) is 9.47 Å². The Morgan fingerprint density at radius 3 is 3.05 bits per heavy atom. The second-order valence-corrected chi connectivity index (χ2v) is 6.21. The SMILES string of the molecule is O=c1oc2ccccc2n1CCN1CC2CCCNC2C1. The fraction of sp³-hybridized carbons (Fsp3) is 0.562. The molecule has 0 amide bonds. The zero-order valence-corrected chi connectivity index (χ0v) is 12.1. The van der Waals surface area contributed by atoms with E-state index in [-0.39, 0.29) is 5.76 Å². The van der Waals surface area contributed by atoms with Gasteiger partial charge in [-0.15, -0.1) is 0 Å². The molecule has 21 heavy (non-hydrogen) atoms. The van der Waals surface area contributed by atoms with Crippen LogP contribution in [-0.4, -0.2) is 41.7 Å². The molecule has 0 saturated carbocycles. The van der Waals surface area contributed by atoms with Gasteiger partial charge in [0.25, 0.3) is 0 Å². The summed E-state index contributed by atoms with van der Waals surface area (Å²) >= 11 is 0. The van der Waals surface area contributed by atoms with Gasteiger partial charge in [-0.1, -0.05) is 12.1 Å². The summed E-state index contributed by atoms with van der Waals surface area (Å²) in [5.74, 6) is 0.544. The molecule has 1 aromatic carbocycles. The molecule has 2 aliphatic rings. The Kier molecular flexibility index (Phi) is 3.31. The van der Waals surface area contributed by atoms with Crippen molar-refractivity contribution in [2.24, 2.45) is 5.92 Å². The lowest BCUT2D eigenvalue weighted by molar-refractivity contribution is 0.303. The highest BCUT2D eigenvalue weighted by Gasteiger charge is 2.33. The van der Waals surface area contributed by atoms with Crippen LogP contribution in [0.15, 0.2) is 33.5 Å². The van der Waals surface area contributed by atoms with E-state index in [1.165, 1.54) is 12.8 Å². The highest BCUT2D eigenvalue weighted by molar-refractivity contribution is 5.72. The van der Waals surface area contributed by atoms with E-state index in [2.05, 4.69) is 10.2 Å². The topological polar surface area (TPSA) is 50.4 Å². The van der Waals surface area contributed by atoms with Crippen molar-refractivity contribution in [1.82, 2.24) is 14.8 Å². The molecule has 0 bridgehead atoms. The maximum atomic E-state index is 12.0. The Balaban J connectivity index is 1.47. The summed E-state index contributed by atoms with van der Waals surface area (Å²) < 4.78 is 7.04. The van der Waals surface area contributed by atoms with Gasteiger partial charge in [0.05, 0.1) is 5.52 Å². The van der Waals surface area contributed by atoms with Gasteiger partial charge in [-0.05, 0) is 37.4 Å². The Morgan fingerprint density at radius 1 is 1.24 bits per heavy atom. The predicted molar refractivity (Wildman–Crippen MR) is 81.4 cm³/mol. The van der Waals surface area contributed by atoms with Gasteiger partial charge in [0.1, 0.15) is 0 Å². The van der Waals surface area contributed by atoms with E-state index in [0.717, 1.165) is 37.6 Å². The summed E-state index contributed by atoms with van der Waals surface area (Å²) in [5, 5.41) is 3.62. The molecule has 2 atom stereocenters. The second-order valence-electron chi connectivity index (χ2n) is 6.21. The molecule has 1 aromatic heterocycles. The average molecular weight is 287 g/mol.